The minimum Gasteiger partial charge on any atom is -0.337 e. The van der Waals surface area contributed by atoms with E-state index in [1.807, 2.05) is 18.2 Å². The van der Waals surface area contributed by atoms with Crippen molar-refractivity contribution in [3.05, 3.63) is 45.5 Å². The fraction of sp³-hybridized carbons (Fsp3) is 0.429. The van der Waals surface area contributed by atoms with Gasteiger partial charge >= 0.3 is 0 Å². The van der Waals surface area contributed by atoms with Crippen molar-refractivity contribution in [2.75, 3.05) is 6.54 Å². The van der Waals surface area contributed by atoms with E-state index in [0.717, 1.165) is 24.9 Å². The zero-order valence-corrected chi connectivity index (χ0v) is 12.6. The molecule has 1 N–H and O–H groups in total. The van der Waals surface area contributed by atoms with Crippen molar-refractivity contribution in [3.8, 4) is 0 Å². The second-order valence-corrected chi connectivity index (χ2v) is 6.07. The van der Waals surface area contributed by atoms with Gasteiger partial charge in [-0.15, -0.1) is 0 Å². The van der Waals surface area contributed by atoms with Crippen LogP contribution in [-0.2, 0) is 12.0 Å². The fourth-order valence-corrected chi connectivity index (χ4v) is 3.02. The zero-order chi connectivity index (χ0) is 14.2. The maximum Gasteiger partial charge on any atom is 0.246 e. The lowest BCUT2D eigenvalue weighted by atomic mass is 10.0. The Morgan fingerprint density at radius 1 is 1.35 bits per heavy atom. The highest BCUT2D eigenvalue weighted by Crippen LogP contribution is 2.30. The molecule has 3 rings (SSSR count). The van der Waals surface area contributed by atoms with E-state index < -0.39 is 0 Å². The van der Waals surface area contributed by atoms with Gasteiger partial charge in [0.05, 0.1) is 5.54 Å². The van der Waals surface area contributed by atoms with E-state index in [-0.39, 0.29) is 5.54 Å². The van der Waals surface area contributed by atoms with Crippen LogP contribution in [-0.4, -0.2) is 16.7 Å². The zero-order valence-electron chi connectivity index (χ0n) is 11.1. The van der Waals surface area contributed by atoms with Crippen molar-refractivity contribution < 1.29 is 4.52 Å². The maximum atomic E-state index is 6.16. The molecule has 0 bridgehead atoms. The van der Waals surface area contributed by atoms with Crippen LogP contribution in [0.5, 0.6) is 0 Å². The Kier molecular flexibility index (Phi) is 3.71. The molecule has 4 nitrogen and oxygen atoms in total. The van der Waals surface area contributed by atoms with Gasteiger partial charge in [0.1, 0.15) is 0 Å². The van der Waals surface area contributed by atoms with Crippen molar-refractivity contribution in [1.29, 1.82) is 0 Å². The molecule has 0 radical (unpaired) electrons. The van der Waals surface area contributed by atoms with Crippen LogP contribution in [0.3, 0.4) is 0 Å². The first-order valence-corrected chi connectivity index (χ1v) is 7.35. The molecule has 6 heteroatoms. The first-order valence-electron chi connectivity index (χ1n) is 6.59. The number of halogens is 2. The molecule has 1 aliphatic heterocycles. The third kappa shape index (κ3) is 2.55. The number of nitrogens with zero attached hydrogens (tertiary/aromatic N) is 2. The molecule has 2 heterocycles. The van der Waals surface area contributed by atoms with E-state index >= 15 is 0 Å². The van der Waals surface area contributed by atoms with Gasteiger partial charge in [-0.2, -0.15) is 4.98 Å². The number of benzene rings is 1. The van der Waals surface area contributed by atoms with E-state index in [4.69, 9.17) is 27.7 Å². The summed E-state index contributed by atoms with van der Waals surface area (Å²) in [6, 6.07) is 5.44. The molecule has 1 fully saturated rings. The second kappa shape index (κ2) is 5.35. The summed E-state index contributed by atoms with van der Waals surface area (Å²) < 4.78 is 5.39. The Morgan fingerprint density at radius 2 is 2.10 bits per heavy atom. The molecule has 2 aromatic rings. The van der Waals surface area contributed by atoms with Crippen molar-refractivity contribution in [2.45, 2.75) is 31.7 Å². The summed E-state index contributed by atoms with van der Waals surface area (Å²) in [6.07, 6.45) is 2.59. The maximum absolute atomic E-state index is 6.16. The van der Waals surface area contributed by atoms with Crippen LogP contribution < -0.4 is 5.32 Å². The lowest BCUT2D eigenvalue weighted by molar-refractivity contribution is 0.274. The van der Waals surface area contributed by atoms with Crippen LogP contribution in [0.4, 0.5) is 0 Å². The van der Waals surface area contributed by atoms with Crippen LogP contribution in [0, 0.1) is 0 Å². The van der Waals surface area contributed by atoms with Gasteiger partial charge in [-0.1, -0.05) is 34.4 Å². The van der Waals surface area contributed by atoms with Crippen LogP contribution in [0.15, 0.2) is 22.7 Å². The standard InChI is InChI=1S/C14H15Cl2N3O/c1-14(6-3-7-17-14)13-18-12(19-20-13)8-9-10(15)4-2-5-11(9)16/h2,4-5,17H,3,6-8H2,1H3. The molecule has 0 spiro atoms. The van der Waals surface area contributed by atoms with Crippen LogP contribution >= 0.6 is 23.2 Å². The van der Waals surface area contributed by atoms with Crippen molar-refractivity contribution in [2.24, 2.45) is 0 Å². The molecule has 0 saturated carbocycles. The highest BCUT2D eigenvalue weighted by Gasteiger charge is 2.35. The highest BCUT2D eigenvalue weighted by atomic mass is 35.5. The van der Waals surface area contributed by atoms with E-state index in [1.54, 1.807) is 0 Å². The fourth-order valence-electron chi connectivity index (χ4n) is 2.49. The Bertz CT molecular complexity index is 600. The lowest BCUT2D eigenvalue weighted by Crippen LogP contribution is -2.33. The first kappa shape index (κ1) is 13.9. The molecule has 106 valence electrons. The second-order valence-electron chi connectivity index (χ2n) is 5.26. The summed E-state index contributed by atoms with van der Waals surface area (Å²) in [4.78, 5) is 4.48. The highest BCUT2D eigenvalue weighted by molar-refractivity contribution is 6.36. The van der Waals surface area contributed by atoms with E-state index in [9.17, 15) is 0 Å². The molecule has 1 aromatic carbocycles. The van der Waals surface area contributed by atoms with Gasteiger partial charge in [0, 0.05) is 16.5 Å². The third-order valence-corrected chi connectivity index (χ3v) is 4.41. The van der Waals surface area contributed by atoms with Crippen molar-refractivity contribution in [1.82, 2.24) is 15.5 Å². The average Bonchev–Trinajstić information content (AvgIpc) is 3.04. The van der Waals surface area contributed by atoms with Gasteiger partial charge < -0.3 is 9.84 Å². The van der Waals surface area contributed by atoms with Crippen LogP contribution in [0.1, 0.15) is 37.0 Å². The van der Waals surface area contributed by atoms with Gasteiger partial charge in [0.2, 0.25) is 5.89 Å². The Labute approximate surface area is 127 Å². The van der Waals surface area contributed by atoms with Gasteiger partial charge in [0.15, 0.2) is 5.82 Å². The minimum atomic E-state index is -0.213. The molecule has 20 heavy (non-hydrogen) atoms. The van der Waals surface area contributed by atoms with Crippen molar-refractivity contribution >= 4 is 23.2 Å². The topological polar surface area (TPSA) is 51.0 Å². The van der Waals surface area contributed by atoms with Crippen LogP contribution in [0.25, 0.3) is 0 Å². The summed E-state index contributed by atoms with van der Waals surface area (Å²) in [6.45, 7) is 3.06. The third-order valence-electron chi connectivity index (χ3n) is 3.71. The number of rotatable bonds is 3. The molecule has 1 aromatic heterocycles. The number of aromatic nitrogens is 2. The Balaban J connectivity index is 1.84. The van der Waals surface area contributed by atoms with Gasteiger partial charge in [-0.05, 0) is 44.0 Å². The number of nitrogens with one attached hydrogen (secondary N) is 1. The Hall–Kier alpha value is -1.10. The SMILES string of the molecule is CC1(c2nc(Cc3c(Cl)cccc3Cl)no2)CCCN1. The van der Waals surface area contributed by atoms with Gasteiger partial charge in [-0.25, -0.2) is 0 Å². The number of hydrogen-bond donors (Lipinski definition) is 1. The lowest BCUT2D eigenvalue weighted by Gasteiger charge is -2.18. The summed E-state index contributed by atoms with van der Waals surface area (Å²) in [5.74, 6) is 1.23. The summed E-state index contributed by atoms with van der Waals surface area (Å²) in [5.41, 5.74) is 0.614. The van der Waals surface area contributed by atoms with Gasteiger partial charge in [0.25, 0.3) is 0 Å². The number of hydrogen-bond acceptors (Lipinski definition) is 4. The molecule has 1 atom stereocenters. The molecule has 0 amide bonds. The quantitative estimate of drug-likeness (QED) is 0.941. The van der Waals surface area contributed by atoms with Crippen LogP contribution in [0.2, 0.25) is 10.0 Å². The smallest absolute Gasteiger partial charge is 0.246 e. The van der Waals surface area contributed by atoms with Gasteiger partial charge in [-0.3, -0.25) is 0 Å². The average molecular weight is 312 g/mol. The minimum absolute atomic E-state index is 0.213. The predicted molar refractivity (Wildman–Crippen MR) is 78.2 cm³/mol. The monoisotopic (exact) mass is 311 g/mol. The summed E-state index contributed by atoms with van der Waals surface area (Å²) in [7, 11) is 0. The summed E-state index contributed by atoms with van der Waals surface area (Å²) >= 11 is 12.3. The largest absolute Gasteiger partial charge is 0.337 e. The van der Waals surface area contributed by atoms with E-state index in [2.05, 4.69) is 22.4 Å². The normalized spacial score (nSPS) is 22.4. The Morgan fingerprint density at radius 3 is 2.75 bits per heavy atom. The molecule has 1 unspecified atom stereocenters. The molecular weight excluding hydrogens is 297 g/mol. The molecular formula is C14H15Cl2N3O. The summed E-state index contributed by atoms with van der Waals surface area (Å²) in [5, 5.41) is 8.68. The van der Waals surface area contributed by atoms with E-state index in [0.29, 0.717) is 28.2 Å². The molecule has 1 aliphatic rings. The molecule has 1 saturated heterocycles. The predicted octanol–water partition coefficient (Wildman–Crippen LogP) is 3.57. The van der Waals surface area contributed by atoms with E-state index in [1.165, 1.54) is 0 Å². The van der Waals surface area contributed by atoms with Crippen molar-refractivity contribution in [3.63, 3.8) is 0 Å². The molecule has 0 aliphatic carbocycles. The first-order chi connectivity index (χ1) is 9.58.